The van der Waals surface area contributed by atoms with Gasteiger partial charge in [0.25, 0.3) is 5.91 Å². The van der Waals surface area contributed by atoms with E-state index in [1.165, 1.54) is 12.4 Å². The van der Waals surface area contributed by atoms with E-state index in [1.54, 1.807) is 11.9 Å². The van der Waals surface area contributed by atoms with Gasteiger partial charge in [-0.05, 0) is 37.0 Å². The number of aromatic nitrogens is 2. The smallest absolute Gasteiger partial charge is 0.256 e. The van der Waals surface area contributed by atoms with Gasteiger partial charge in [0.2, 0.25) is 5.28 Å². The third-order valence-corrected chi connectivity index (χ3v) is 3.10. The number of nitrogens with zero attached hydrogens (tertiary/aromatic N) is 3. The fraction of sp³-hybridized carbons (Fsp3) is 0.545. The molecule has 5 nitrogen and oxygen atoms in total. The Kier molecular flexibility index (Phi) is 3.91. The summed E-state index contributed by atoms with van der Waals surface area (Å²) in [6, 6.07) is 0. The van der Waals surface area contributed by atoms with Crippen LogP contribution in [0.1, 0.15) is 16.8 Å². The zero-order valence-electron chi connectivity index (χ0n) is 9.69. The summed E-state index contributed by atoms with van der Waals surface area (Å²) < 4.78 is 0. The van der Waals surface area contributed by atoms with Gasteiger partial charge in [-0.1, -0.05) is 0 Å². The highest BCUT2D eigenvalue weighted by Crippen LogP contribution is 2.11. The standard InChI is InChI=1S/C11H15ClN4O/c1-16(7-8-2-3-13-4-8)10(17)9-5-14-11(12)15-6-9/h5-6,8,13H,2-4,7H2,1H3. The van der Waals surface area contributed by atoms with E-state index in [9.17, 15) is 4.79 Å². The molecule has 1 saturated heterocycles. The largest absolute Gasteiger partial charge is 0.341 e. The van der Waals surface area contributed by atoms with Crippen LogP contribution in [-0.4, -0.2) is 47.5 Å². The van der Waals surface area contributed by atoms with Crippen molar-refractivity contribution in [1.82, 2.24) is 20.2 Å². The maximum Gasteiger partial charge on any atom is 0.256 e. The fourth-order valence-corrected chi connectivity index (χ4v) is 2.08. The summed E-state index contributed by atoms with van der Waals surface area (Å²) in [5.41, 5.74) is 0.475. The summed E-state index contributed by atoms with van der Waals surface area (Å²) in [5.74, 6) is 0.478. The number of hydrogen-bond donors (Lipinski definition) is 1. The number of rotatable bonds is 3. The number of amides is 1. The highest BCUT2D eigenvalue weighted by atomic mass is 35.5. The Morgan fingerprint density at radius 3 is 2.88 bits per heavy atom. The van der Waals surface area contributed by atoms with E-state index in [2.05, 4.69) is 15.3 Å². The molecule has 1 N–H and O–H groups in total. The van der Waals surface area contributed by atoms with Crippen LogP contribution in [0.25, 0.3) is 0 Å². The zero-order valence-corrected chi connectivity index (χ0v) is 10.4. The number of hydrogen-bond acceptors (Lipinski definition) is 4. The Hall–Kier alpha value is -1.20. The number of carbonyl (C=O) groups is 1. The molecular formula is C11H15ClN4O. The van der Waals surface area contributed by atoms with Crippen molar-refractivity contribution >= 4 is 17.5 Å². The van der Waals surface area contributed by atoms with Crippen LogP contribution >= 0.6 is 11.6 Å². The molecule has 0 saturated carbocycles. The first-order valence-electron chi connectivity index (χ1n) is 5.60. The lowest BCUT2D eigenvalue weighted by atomic mass is 10.1. The molecule has 0 aromatic carbocycles. The summed E-state index contributed by atoms with van der Waals surface area (Å²) in [7, 11) is 1.80. The highest BCUT2D eigenvalue weighted by molar-refractivity contribution is 6.28. The third-order valence-electron chi connectivity index (χ3n) is 2.91. The van der Waals surface area contributed by atoms with Gasteiger partial charge in [0, 0.05) is 26.0 Å². The van der Waals surface area contributed by atoms with Crippen LogP contribution in [0.5, 0.6) is 0 Å². The van der Waals surface area contributed by atoms with Gasteiger partial charge in [-0.3, -0.25) is 4.79 Å². The van der Waals surface area contributed by atoms with Gasteiger partial charge in [-0.15, -0.1) is 0 Å². The lowest BCUT2D eigenvalue weighted by molar-refractivity contribution is 0.0775. The Morgan fingerprint density at radius 2 is 2.29 bits per heavy atom. The molecule has 1 aliphatic rings. The van der Waals surface area contributed by atoms with Crippen molar-refractivity contribution in [2.24, 2.45) is 5.92 Å². The summed E-state index contributed by atoms with van der Waals surface area (Å²) in [6.45, 7) is 2.78. The fourth-order valence-electron chi connectivity index (χ4n) is 1.98. The molecule has 0 spiro atoms. The summed E-state index contributed by atoms with van der Waals surface area (Å²) in [4.78, 5) is 21.4. The minimum atomic E-state index is -0.0615. The SMILES string of the molecule is CN(CC1CCNC1)C(=O)c1cnc(Cl)nc1. The minimum absolute atomic E-state index is 0.0615. The van der Waals surface area contributed by atoms with E-state index in [1.807, 2.05) is 0 Å². The van der Waals surface area contributed by atoms with Gasteiger partial charge in [0.1, 0.15) is 0 Å². The van der Waals surface area contributed by atoms with Crippen molar-refractivity contribution in [3.63, 3.8) is 0 Å². The van der Waals surface area contributed by atoms with Crippen molar-refractivity contribution in [1.29, 1.82) is 0 Å². The monoisotopic (exact) mass is 254 g/mol. The summed E-state index contributed by atoms with van der Waals surface area (Å²) in [6.07, 6.45) is 4.04. The van der Waals surface area contributed by atoms with Gasteiger partial charge >= 0.3 is 0 Å². The van der Waals surface area contributed by atoms with E-state index in [4.69, 9.17) is 11.6 Å². The third kappa shape index (κ3) is 3.14. The van der Waals surface area contributed by atoms with Crippen LogP contribution in [0.4, 0.5) is 0 Å². The lowest BCUT2D eigenvalue weighted by Crippen LogP contribution is -2.32. The topological polar surface area (TPSA) is 58.1 Å². The molecule has 1 aliphatic heterocycles. The van der Waals surface area contributed by atoms with Gasteiger partial charge in [0.15, 0.2) is 0 Å². The molecule has 1 amide bonds. The van der Waals surface area contributed by atoms with Gasteiger partial charge in [-0.2, -0.15) is 0 Å². The molecule has 2 heterocycles. The van der Waals surface area contributed by atoms with Crippen molar-refractivity contribution in [3.05, 3.63) is 23.2 Å². The van der Waals surface area contributed by atoms with Crippen LogP contribution in [0.2, 0.25) is 5.28 Å². The number of carbonyl (C=O) groups excluding carboxylic acids is 1. The van der Waals surface area contributed by atoms with Crippen LogP contribution in [-0.2, 0) is 0 Å². The first-order chi connectivity index (χ1) is 8.16. The van der Waals surface area contributed by atoms with Crippen LogP contribution < -0.4 is 5.32 Å². The molecule has 1 aromatic rings. The Morgan fingerprint density at radius 1 is 1.59 bits per heavy atom. The average molecular weight is 255 g/mol. The normalized spacial score (nSPS) is 19.3. The molecule has 2 rings (SSSR count). The van der Waals surface area contributed by atoms with Gasteiger partial charge in [-0.25, -0.2) is 9.97 Å². The van der Waals surface area contributed by atoms with Crippen molar-refractivity contribution in [2.45, 2.75) is 6.42 Å². The second kappa shape index (κ2) is 5.42. The molecule has 1 unspecified atom stereocenters. The molecule has 1 aromatic heterocycles. The van der Waals surface area contributed by atoms with Gasteiger partial charge in [0.05, 0.1) is 5.56 Å². The van der Waals surface area contributed by atoms with Crippen LogP contribution in [0.3, 0.4) is 0 Å². The molecule has 0 bridgehead atoms. The highest BCUT2D eigenvalue weighted by Gasteiger charge is 2.20. The van der Waals surface area contributed by atoms with E-state index in [0.29, 0.717) is 11.5 Å². The minimum Gasteiger partial charge on any atom is -0.341 e. The van der Waals surface area contributed by atoms with Crippen molar-refractivity contribution < 1.29 is 4.79 Å². The summed E-state index contributed by atoms with van der Waals surface area (Å²) >= 11 is 5.58. The molecule has 1 atom stereocenters. The van der Waals surface area contributed by atoms with Crippen molar-refractivity contribution in [2.75, 3.05) is 26.7 Å². The maximum absolute atomic E-state index is 12.0. The summed E-state index contributed by atoms with van der Waals surface area (Å²) in [5, 5.41) is 3.44. The Balaban J connectivity index is 1.96. The first kappa shape index (κ1) is 12.3. The molecule has 92 valence electrons. The second-order valence-electron chi connectivity index (χ2n) is 4.29. The molecule has 0 radical (unpaired) electrons. The lowest BCUT2D eigenvalue weighted by Gasteiger charge is -2.20. The van der Waals surface area contributed by atoms with E-state index in [-0.39, 0.29) is 11.2 Å². The predicted octanol–water partition coefficient (Wildman–Crippen LogP) is 0.811. The molecule has 0 aliphatic carbocycles. The van der Waals surface area contributed by atoms with Crippen molar-refractivity contribution in [3.8, 4) is 0 Å². The number of nitrogens with one attached hydrogen (secondary N) is 1. The molecular weight excluding hydrogens is 240 g/mol. The zero-order chi connectivity index (χ0) is 12.3. The van der Waals surface area contributed by atoms with Crippen LogP contribution in [0.15, 0.2) is 12.4 Å². The molecule has 1 fully saturated rings. The van der Waals surface area contributed by atoms with E-state index >= 15 is 0 Å². The first-order valence-corrected chi connectivity index (χ1v) is 5.98. The second-order valence-corrected chi connectivity index (χ2v) is 4.62. The molecule has 6 heteroatoms. The maximum atomic E-state index is 12.0. The quantitative estimate of drug-likeness (QED) is 0.811. The van der Waals surface area contributed by atoms with E-state index in [0.717, 1.165) is 26.1 Å². The number of halogens is 1. The van der Waals surface area contributed by atoms with Gasteiger partial charge < -0.3 is 10.2 Å². The average Bonchev–Trinajstić information content (AvgIpc) is 2.82. The Labute approximate surface area is 105 Å². The Bertz CT molecular complexity index is 389. The van der Waals surface area contributed by atoms with E-state index < -0.39 is 0 Å². The van der Waals surface area contributed by atoms with Crippen LogP contribution in [0, 0.1) is 5.92 Å². The molecule has 17 heavy (non-hydrogen) atoms. The predicted molar refractivity (Wildman–Crippen MR) is 65.0 cm³/mol.